The van der Waals surface area contributed by atoms with E-state index in [0.717, 1.165) is 22.3 Å². The summed E-state index contributed by atoms with van der Waals surface area (Å²) in [7, 11) is 0. The van der Waals surface area contributed by atoms with Crippen molar-refractivity contribution in [2.24, 2.45) is 0 Å². The number of aromatic nitrogens is 1. The maximum atomic E-state index is 13.1. The molecule has 0 atom stereocenters. The summed E-state index contributed by atoms with van der Waals surface area (Å²) >= 11 is 1.24. The molecule has 0 aliphatic heterocycles. The largest absolute Gasteiger partial charge is 0.506 e. The number of thiazole rings is 1. The number of nitrogens with zero attached hydrogens (tertiary/aromatic N) is 1. The van der Waals surface area contributed by atoms with Crippen molar-refractivity contribution >= 4 is 33.1 Å². The lowest BCUT2D eigenvalue weighted by molar-refractivity contribution is 0.102. The molecule has 3 aromatic rings. The number of fused-ring (bicyclic) bond motifs is 1. The molecule has 0 aliphatic carbocycles. The topological polar surface area (TPSA) is 62.2 Å². The van der Waals surface area contributed by atoms with Crippen LogP contribution in [0.2, 0.25) is 0 Å². The Morgan fingerprint density at radius 2 is 2.05 bits per heavy atom. The number of phenols is 1. The molecular formula is C14H9FN2O2S. The second kappa shape index (κ2) is 4.90. The molecule has 20 heavy (non-hydrogen) atoms. The minimum absolute atomic E-state index is 0.0225. The number of carbonyl (C=O) groups excluding carboxylic acids is 1. The third-order valence-corrected chi connectivity index (χ3v) is 3.73. The van der Waals surface area contributed by atoms with Crippen LogP contribution in [0.5, 0.6) is 5.75 Å². The Bertz CT molecular complexity index is 768. The summed E-state index contributed by atoms with van der Waals surface area (Å²) in [5.74, 6) is -1.21. The Kier molecular flexibility index (Phi) is 3.08. The fraction of sp³-hybridized carbons (Fsp3) is 0. The first-order valence-corrected chi connectivity index (χ1v) is 6.60. The van der Waals surface area contributed by atoms with Gasteiger partial charge in [0.05, 0.1) is 15.9 Å². The van der Waals surface area contributed by atoms with Gasteiger partial charge in [0.2, 0.25) is 0 Å². The summed E-state index contributed by atoms with van der Waals surface area (Å²) in [6.45, 7) is 0. The molecule has 0 saturated carbocycles. The molecule has 100 valence electrons. The number of phenolic OH excluding ortho intramolecular Hbond substituents is 1. The number of hydrogen-bond acceptors (Lipinski definition) is 4. The zero-order chi connectivity index (χ0) is 14.1. The monoisotopic (exact) mass is 288 g/mol. The first kappa shape index (κ1) is 12.6. The molecule has 0 spiro atoms. The standard InChI is InChI=1S/C14H9FN2O2S/c15-8-5-6-11(18)10(7-8)16-13(19)14-17-9-3-1-2-4-12(9)20-14/h1-7,18H,(H,16,19). The number of carbonyl (C=O) groups is 1. The van der Waals surface area contributed by atoms with Gasteiger partial charge >= 0.3 is 0 Å². The number of hydrogen-bond donors (Lipinski definition) is 2. The Labute approximate surface area is 117 Å². The van der Waals surface area contributed by atoms with Gasteiger partial charge in [-0.05, 0) is 24.3 Å². The molecule has 2 aromatic carbocycles. The molecule has 0 fully saturated rings. The van der Waals surface area contributed by atoms with E-state index in [1.807, 2.05) is 24.3 Å². The second-order valence-electron chi connectivity index (χ2n) is 4.10. The molecule has 2 N–H and O–H groups in total. The predicted octanol–water partition coefficient (Wildman–Crippen LogP) is 3.39. The fourth-order valence-corrected chi connectivity index (χ4v) is 2.61. The van der Waals surface area contributed by atoms with E-state index in [1.165, 1.54) is 17.4 Å². The number of anilines is 1. The predicted molar refractivity (Wildman–Crippen MR) is 75.6 cm³/mol. The lowest BCUT2D eigenvalue weighted by atomic mass is 10.3. The molecule has 0 unspecified atom stereocenters. The van der Waals surface area contributed by atoms with E-state index in [1.54, 1.807) is 0 Å². The van der Waals surface area contributed by atoms with Crippen LogP contribution in [-0.2, 0) is 0 Å². The van der Waals surface area contributed by atoms with E-state index < -0.39 is 11.7 Å². The first-order chi connectivity index (χ1) is 9.63. The summed E-state index contributed by atoms with van der Waals surface area (Å²) in [6, 6.07) is 10.7. The molecule has 6 heteroatoms. The van der Waals surface area contributed by atoms with Crippen molar-refractivity contribution in [1.29, 1.82) is 0 Å². The van der Waals surface area contributed by atoms with Gasteiger partial charge in [0, 0.05) is 6.07 Å². The third-order valence-electron chi connectivity index (χ3n) is 2.69. The average Bonchev–Trinajstić information content (AvgIpc) is 2.87. The summed E-state index contributed by atoms with van der Waals surface area (Å²) in [6.07, 6.45) is 0. The number of halogens is 1. The van der Waals surface area contributed by atoms with E-state index in [9.17, 15) is 14.3 Å². The van der Waals surface area contributed by atoms with E-state index in [2.05, 4.69) is 10.3 Å². The van der Waals surface area contributed by atoms with Crippen molar-refractivity contribution < 1.29 is 14.3 Å². The Balaban J connectivity index is 1.90. The number of benzene rings is 2. The highest BCUT2D eigenvalue weighted by molar-refractivity contribution is 7.20. The van der Waals surface area contributed by atoms with Crippen LogP contribution in [0.4, 0.5) is 10.1 Å². The van der Waals surface area contributed by atoms with Gasteiger partial charge in [0.25, 0.3) is 5.91 Å². The summed E-state index contributed by atoms with van der Waals surface area (Å²) in [4.78, 5) is 16.2. The molecule has 3 rings (SSSR count). The van der Waals surface area contributed by atoms with Gasteiger partial charge in [-0.1, -0.05) is 12.1 Å². The highest BCUT2D eigenvalue weighted by atomic mass is 32.1. The smallest absolute Gasteiger partial charge is 0.284 e. The number of para-hydroxylation sites is 1. The molecule has 4 nitrogen and oxygen atoms in total. The summed E-state index contributed by atoms with van der Waals surface area (Å²) in [5, 5.41) is 12.3. The molecule has 1 heterocycles. The SMILES string of the molecule is O=C(Nc1cc(F)ccc1O)c1nc2ccccc2s1. The van der Waals surface area contributed by atoms with Crippen LogP contribution in [0, 0.1) is 5.82 Å². The second-order valence-corrected chi connectivity index (χ2v) is 5.13. The lowest BCUT2D eigenvalue weighted by Gasteiger charge is -2.05. The number of amides is 1. The molecule has 1 amide bonds. The van der Waals surface area contributed by atoms with Crippen LogP contribution in [0.15, 0.2) is 42.5 Å². The third kappa shape index (κ3) is 2.33. The zero-order valence-corrected chi connectivity index (χ0v) is 10.9. The van der Waals surface area contributed by atoms with Crippen molar-refractivity contribution in [3.05, 3.63) is 53.3 Å². The van der Waals surface area contributed by atoms with Crippen molar-refractivity contribution in [2.45, 2.75) is 0 Å². The normalized spacial score (nSPS) is 10.7. The van der Waals surface area contributed by atoms with Gasteiger partial charge in [-0.15, -0.1) is 11.3 Å². The van der Waals surface area contributed by atoms with Crippen molar-refractivity contribution in [3.8, 4) is 5.75 Å². The van der Waals surface area contributed by atoms with Gasteiger partial charge in [0.1, 0.15) is 11.6 Å². The molecule has 0 bridgehead atoms. The van der Waals surface area contributed by atoms with Gasteiger partial charge in [-0.3, -0.25) is 4.79 Å². The van der Waals surface area contributed by atoms with Crippen LogP contribution in [0.1, 0.15) is 9.80 Å². The van der Waals surface area contributed by atoms with Gasteiger partial charge in [-0.25, -0.2) is 9.37 Å². The maximum Gasteiger partial charge on any atom is 0.284 e. The van der Waals surface area contributed by atoms with Crippen LogP contribution < -0.4 is 5.32 Å². The van der Waals surface area contributed by atoms with Crippen LogP contribution in [-0.4, -0.2) is 16.0 Å². The molecule has 1 aromatic heterocycles. The molecule has 0 aliphatic rings. The number of aromatic hydroxyl groups is 1. The molecular weight excluding hydrogens is 279 g/mol. The van der Waals surface area contributed by atoms with E-state index in [-0.39, 0.29) is 16.4 Å². The number of rotatable bonds is 2. The van der Waals surface area contributed by atoms with Crippen LogP contribution >= 0.6 is 11.3 Å². The average molecular weight is 288 g/mol. The van der Waals surface area contributed by atoms with E-state index >= 15 is 0 Å². The Morgan fingerprint density at radius 1 is 1.25 bits per heavy atom. The quantitative estimate of drug-likeness (QED) is 0.710. The maximum absolute atomic E-state index is 13.1. The summed E-state index contributed by atoms with van der Waals surface area (Å²) in [5.41, 5.74) is 0.750. The van der Waals surface area contributed by atoms with Crippen molar-refractivity contribution in [1.82, 2.24) is 4.98 Å². The minimum atomic E-state index is -0.539. The molecule has 0 radical (unpaired) electrons. The molecule has 0 saturated heterocycles. The number of nitrogens with one attached hydrogen (secondary N) is 1. The van der Waals surface area contributed by atoms with Gasteiger partial charge in [-0.2, -0.15) is 0 Å². The zero-order valence-electron chi connectivity index (χ0n) is 10.1. The van der Waals surface area contributed by atoms with Gasteiger partial charge in [0.15, 0.2) is 5.01 Å². The van der Waals surface area contributed by atoms with Crippen LogP contribution in [0.3, 0.4) is 0 Å². The first-order valence-electron chi connectivity index (χ1n) is 5.79. The highest BCUT2D eigenvalue weighted by Crippen LogP contribution is 2.26. The van der Waals surface area contributed by atoms with Gasteiger partial charge < -0.3 is 10.4 Å². The van der Waals surface area contributed by atoms with E-state index in [0.29, 0.717) is 0 Å². The van der Waals surface area contributed by atoms with E-state index in [4.69, 9.17) is 0 Å². The highest BCUT2D eigenvalue weighted by Gasteiger charge is 2.14. The van der Waals surface area contributed by atoms with Crippen molar-refractivity contribution in [3.63, 3.8) is 0 Å². The lowest BCUT2D eigenvalue weighted by Crippen LogP contribution is -2.11. The Morgan fingerprint density at radius 3 is 2.85 bits per heavy atom. The summed E-state index contributed by atoms with van der Waals surface area (Å²) < 4.78 is 14.0. The van der Waals surface area contributed by atoms with Crippen molar-refractivity contribution in [2.75, 3.05) is 5.32 Å². The Hall–Kier alpha value is -2.47. The van der Waals surface area contributed by atoms with Crippen LogP contribution in [0.25, 0.3) is 10.2 Å². The minimum Gasteiger partial charge on any atom is -0.506 e. The fourth-order valence-electron chi connectivity index (χ4n) is 1.75.